The monoisotopic (exact) mass is 507 g/mol. The zero-order chi connectivity index (χ0) is 27.4. The summed E-state index contributed by atoms with van der Waals surface area (Å²) in [5.41, 5.74) is 1.84. The van der Waals surface area contributed by atoms with Gasteiger partial charge in [0.15, 0.2) is 11.6 Å². The van der Waals surface area contributed by atoms with Crippen molar-refractivity contribution in [3.05, 3.63) is 71.8 Å². The lowest BCUT2D eigenvalue weighted by Gasteiger charge is -2.24. The number of carbonyl (C=O) groups is 5. The molecule has 3 amide bonds. The van der Waals surface area contributed by atoms with Gasteiger partial charge in [-0.15, -0.1) is 0 Å². The van der Waals surface area contributed by atoms with Crippen LogP contribution < -0.4 is 16.0 Å². The van der Waals surface area contributed by atoms with Gasteiger partial charge in [0.05, 0.1) is 18.6 Å². The molecule has 2 rings (SSSR count). The van der Waals surface area contributed by atoms with Gasteiger partial charge in [-0.3, -0.25) is 19.2 Å². The number of hydrogen-bond acceptors (Lipinski definition) is 5. The van der Waals surface area contributed by atoms with Gasteiger partial charge in [0.1, 0.15) is 5.78 Å². The number of Topliss-reactive ketones (excluding diaryl/α,β-unsaturated/α-hetero) is 3. The first kappa shape index (κ1) is 29.4. The van der Waals surface area contributed by atoms with Crippen LogP contribution >= 0.6 is 0 Å². The standard InChI is InChI=1S/C29H37N3O5/c1-19(2)28(26(35)17-24(20(3)33)15-22-11-7-5-8-12-22)32-29(37)30-18-27(36)25(31-21(4)34)16-23-13-9-6-10-14-23/h5-14,19,24-25,28H,15-18H2,1-4H3,(H,31,34)(H2,30,32,37). The maximum atomic E-state index is 13.1. The second-order valence-corrected chi connectivity index (χ2v) is 9.63. The van der Waals surface area contributed by atoms with Gasteiger partial charge in [-0.25, -0.2) is 4.79 Å². The lowest BCUT2D eigenvalue weighted by Crippen LogP contribution is -2.52. The minimum Gasteiger partial charge on any atom is -0.346 e. The summed E-state index contributed by atoms with van der Waals surface area (Å²) in [6, 6.07) is 16.5. The summed E-state index contributed by atoms with van der Waals surface area (Å²) in [5, 5.41) is 7.80. The van der Waals surface area contributed by atoms with Crippen LogP contribution in [0.25, 0.3) is 0 Å². The van der Waals surface area contributed by atoms with E-state index in [9.17, 15) is 24.0 Å². The molecule has 3 N–H and O–H groups in total. The topological polar surface area (TPSA) is 121 Å². The molecule has 8 heteroatoms. The largest absolute Gasteiger partial charge is 0.346 e. The Kier molecular flexibility index (Phi) is 11.7. The molecule has 37 heavy (non-hydrogen) atoms. The van der Waals surface area contributed by atoms with Crippen molar-refractivity contribution in [3.63, 3.8) is 0 Å². The lowest BCUT2D eigenvalue weighted by molar-refractivity contribution is -0.128. The first-order valence-electron chi connectivity index (χ1n) is 12.5. The van der Waals surface area contributed by atoms with E-state index in [1.165, 1.54) is 13.8 Å². The fourth-order valence-corrected chi connectivity index (χ4v) is 4.07. The molecule has 3 unspecified atom stereocenters. The molecule has 0 aliphatic rings. The highest BCUT2D eigenvalue weighted by Crippen LogP contribution is 2.17. The number of amides is 3. The molecule has 0 aromatic heterocycles. The molecule has 0 saturated heterocycles. The van der Waals surface area contributed by atoms with Gasteiger partial charge < -0.3 is 16.0 Å². The third kappa shape index (κ3) is 10.4. The third-order valence-electron chi connectivity index (χ3n) is 6.12. The van der Waals surface area contributed by atoms with Crippen LogP contribution in [0.15, 0.2) is 60.7 Å². The highest BCUT2D eigenvalue weighted by molar-refractivity contribution is 5.94. The summed E-state index contributed by atoms with van der Waals surface area (Å²) >= 11 is 0. The van der Waals surface area contributed by atoms with Crippen molar-refractivity contribution < 1.29 is 24.0 Å². The number of rotatable bonds is 14. The van der Waals surface area contributed by atoms with Gasteiger partial charge in [0.2, 0.25) is 5.91 Å². The van der Waals surface area contributed by atoms with Gasteiger partial charge in [0, 0.05) is 19.3 Å². The van der Waals surface area contributed by atoms with Crippen LogP contribution in [0, 0.1) is 11.8 Å². The summed E-state index contributed by atoms with van der Waals surface area (Å²) < 4.78 is 0. The molecule has 0 saturated carbocycles. The third-order valence-corrected chi connectivity index (χ3v) is 6.12. The molecule has 0 aliphatic heterocycles. The second kappa shape index (κ2) is 14.7. The number of nitrogens with one attached hydrogen (secondary N) is 3. The first-order valence-corrected chi connectivity index (χ1v) is 12.5. The van der Waals surface area contributed by atoms with Gasteiger partial charge in [-0.2, -0.15) is 0 Å². The molecule has 2 aromatic carbocycles. The van der Waals surface area contributed by atoms with Crippen LogP contribution in [0.3, 0.4) is 0 Å². The van der Waals surface area contributed by atoms with E-state index in [4.69, 9.17) is 0 Å². The van der Waals surface area contributed by atoms with Crippen LogP contribution in [-0.2, 0) is 32.0 Å². The fraction of sp³-hybridized carbons (Fsp3) is 0.414. The normalized spacial score (nSPS) is 13.2. The summed E-state index contributed by atoms with van der Waals surface area (Å²) in [4.78, 5) is 62.3. The van der Waals surface area contributed by atoms with Crippen molar-refractivity contribution in [3.8, 4) is 0 Å². The minimum atomic E-state index is -0.816. The highest BCUT2D eigenvalue weighted by atomic mass is 16.2. The number of benzene rings is 2. The van der Waals surface area contributed by atoms with Gasteiger partial charge in [-0.05, 0) is 36.8 Å². The van der Waals surface area contributed by atoms with E-state index in [0.29, 0.717) is 12.8 Å². The molecule has 0 bridgehead atoms. The Balaban J connectivity index is 1.97. The van der Waals surface area contributed by atoms with E-state index in [0.717, 1.165) is 11.1 Å². The second-order valence-electron chi connectivity index (χ2n) is 9.63. The van der Waals surface area contributed by atoms with Crippen LogP contribution in [-0.4, -0.2) is 47.9 Å². The highest BCUT2D eigenvalue weighted by Gasteiger charge is 2.29. The van der Waals surface area contributed by atoms with Crippen LogP contribution in [0.4, 0.5) is 4.79 Å². The van der Waals surface area contributed by atoms with E-state index in [-0.39, 0.29) is 42.1 Å². The average molecular weight is 508 g/mol. The fourth-order valence-electron chi connectivity index (χ4n) is 4.07. The number of carbonyl (C=O) groups excluding carboxylic acids is 5. The van der Waals surface area contributed by atoms with Crippen molar-refractivity contribution in [2.45, 2.75) is 59.0 Å². The predicted molar refractivity (Wildman–Crippen MR) is 142 cm³/mol. The molecule has 0 radical (unpaired) electrons. The maximum absolute atomic E-state index is 13.1. The number of ketones is 3. The summed E-state index contributed by atoms with van der Waals surface area (Å²) in [7, 11) is 0. The predicted octanol–water partition coefficient (Wildman–Crippen LogP) is 3.03. The summed E-state index contributed by atoms with van der Waals surface area (Å²) in [5.74, 6) is -1.74. The van der Waals surface area contributed by atoms with Gasteiger partial charge in [0.25, 0.3) is 0 Å². The van der Waals surface area contributed by atoms with Crippen molar-refractivity contribution in [2.24, 2.45) is 11.8 Å². The average Bonchev–Trinajstić information content (AvgIpc) is 2.85. The van der Waals surface area contributed by atoms with E-state index in [1.807, 2.05) is 60.7 Å². The van der Waals surface area contributed by atoms with Crippen molar-refractivity contribution >= 4 is 29.3 Å². The molecule has 0 fully saturated rings. The van der Waals surface area contributed by atoms with Crippen molar-refractivity contribution in [1.82, 2.24) is 16.0 Å². The summed E-state index contributed by atoms with van der Waals surface area (Å²) in [6.45, 7) is 6.10. The smallest absolute Gasteiger partial charge is 0.315 e. The van der Waals surface area contributed by atoms with Crippen LogP contribution in [0.1, 0.15) is 45.2 Å². The van der Waals surface area contributed by atoms with E-state index < -0.39 is 24.0 Å². The lowest BCUT2D eigenvalue weighted by atomic mass is 9.87. The molecular formula is C29H37N3O5. The first-order chi connectivity index (χ1) is 17.6. The summed E-state index contributed by atoms with van der Waals surface area (Å²) in [6.07, 6.45) is 0.747. The maximum Gasteiger partial charge on any atom is 0.315 e. The van der Waals surface area contributed by atoms with Gasteiger partial charge >= 0.3 is 6.03 Å². The van der Waals surface area contributed by atoms with E-state index >= 15 is 0 Å². The van der Waals surface area contributed by atoms with Crippen LogP contribution in [0.5, 0.6) is 0 Å². The van der Waals surface area contributed by atoms with Crippen molar-refractivity contribution in [2.75, 3.05) is 6.54 Å². The zero-order valence-corrected chi connectivity index (χ0v) is 22.0. The molecule has 2 aromatic rings. The van der Waals surface area contributed by atoms with Gasteiger partial charge in [-0.1, -0.05) is 74.5 Å². The Labute approximate surface area is 218 Å². The Morgan fingerprint density at radius 1 is 0.730 bits per heavy atom. The Bertz CT molecular complexity index is 1070. The van der Waals surface area contributed by atoms with E-state index in [1.54, 1.807) is 13.8 Å². The van der Waals surface area contributed by atoms with Crippen LogP contribution in [0.2, 0.25) is 0 Å². The Hall–Kier alpha value is -3.81. The zero-order valence-electron chi connectivity index (χ0n) is 22.0. The molecule has 8 nitrogen and oxygen atoms in total. The Morgan fingerprint density at radius 2 is 1.27 bits per heavy atom. The molecule has 3 atom stereocenters. The molecular weight excluding hydrogens is 470 g/mol. The molecule has 0 heterocycles. The quantitative estimate of drug-likeness (QED) is 0.363. The Morgan fingerprint density at radius 3 is 1.76 bits per heavy atom. The SMILES string of the molecule is CC(=O)NC(Cc1ccccc1)C(=O)CNC(=O)NC(C(=O)CC(Cc1ccccc1)C(C)=O)C(C)C. The van der Waals surface area contributed by atoms with E-state index in [2.05, 4.69) is 16.0 Å². The number of urea groups is 1. The minimum absolute atomic E-state index is 0.00790. The molecule has 198 valence electrons. The number of hydrogen-bond donors (Lipinski definition) is 3. The molecule has 0 spiro atoms. The molecule has 0 aliphatic carbocycles. The van der Waals surface area contributed by atoms with Crippen molar-refractivity contribution in [1.29, 1.82) is 0 Å².